The van der Waals surface area contributed by atoms with Crippen LogP contribution in [-0.4, -0.2) is 13.7 Å². The van der Waals surface area contributed by atoms with Gasteiger partial charge in [-0.3, -0.25) is 0 Å². The minimum absolute atomic E-state index is 0.0504. The van der Waals surface area contributed by atoms with Crippen molar-refractivity contribution in [1.29, 1.82) is 0 Å². The zero-order chi connectivity index (χ0) is 15.2. The van der Waals surface area contributed by atoms with Crippen LogP contribution in [0.4, 0.5) is 5.69 Å². The van der Waals surface area contributed by atoms with E-state index in [1.807, 2.05) is 18.2 Å². The van der Waals surface area contributed by atoms with Gasteiger partial charge in [-0.1, -0.05) is 30.3 Å². The van der Waals surface area contributed by atoms with E-state index in [0.29, 0.717) is 13.2 Å². The van der Waals surface area contributed by atoms with Gasteiger partial charge in [0.25, 0.3) is 0 Å². The first-order valence-corrected chi connectivity index (χ1v) is 7.74. The number of halogens is 1. The molecule has 0 saturated carbocycles. The second kappa shape index (κ2) is 7.59. The smallest absolute Gasteiger partial charge is 0.0716 e. The third-order valence-corrected chi connectivity index (χ3v) is 4.11. The SMILES string of the molecule is COCc1ccccc1C(CN)Nc1cc(C)ccc1Br. The highest BCUT2D eigenvalue weighted by atomic mass is 79.9. The number of nitrogens with one attached hydrogen (secondary N) is 1. The topological polar surface area (TPSA) is 47.3 Å². The zero-order valence-corrected chi connectivity index (χ0v) is 14.0. The molecule has 0 bridgehead atoms. The molecule has 2 aromatic rings. The van der Waals surface area contributed by atoms with Crippen LogP contribution in [0.25, 0.3) is 0 Å². The fraction of sp³-hybridized carbons (Fsp3) is 0.294. The largest absolute Gasteiger partial charge is 0.380 e. The lowest BCUT2D eigenvalue weighted by atomic mass is 10.00. The zero-order valence-electron chi connectivity index (χ0n) is 12.4. The molecule has 112 valence electrons. The van der Waals surface area contributed by atoms with E-state index in [4.69, 9.17) is 10.5 Å². The van der Waals surface area contributed by atoms with E-state index in [1.165, 1.54) is 11.1 Å². The van der Waals surface area contributed by atoms with Crippen LogP contribution in [0.15, 0.2) is 46.9 Å². The lowest BCUT2D eigenvalue weighted by molar-refractivity contribution is 0.184. The van der Waals surface area contributed by atoms with Crippen LogP contribution in [0.1, 0.15) is 22.7 Å². The molecule has 0 aromatic heterocycles. The average molecular weight is 349 g/mol. The van der Waals surface area contributed by atoms with Gasteiger partial charge in [0.15, 0.2) is 0 Å². The van der Waals surface area contributed by atoms with Crippen molar-refractivity contribution in [2.45, 2.75) is 19.6 Å². The first-order chi connectivity index (χ1) is 10.2. The molecule has 0 heterocycles. The van der Waals surface area contributed by atoms with Crippen molar-refractivity contribution in [1.82, 2.24) is 0 Å². The van der Waals surface area contributed by atoms with Crippen molar-refractivity contribution in [2.75, 3.05) is 19.0 Å². The summed E-state index contributed by atoms with van der Waals surface area (Å²) >= 11 is 3.58. The lowest BCUT2D eigenvalue weighted by Gasteiger charge is -2.22. The molecule has 0 radical (unpaired) electrons. The van der Waals surface area contributed by atoms with Gasteiger partial charge in [-0.15, -0.1) is 0 Å². The molecule has 0 fully saturated rings. The molecular formula is C17H21BrN2O. The molecule has 0 saturated heterocycles. The fourth-order valence-corrected chi connectivity index (χ4v) is 2.72. The lowest BCUT2D eigenvalue weighted by Crippen LogP contribution is -2.22. The van der Waals surface area contributed by atoms with Gasteiger partial charge in [-0.25, -0.2) is 0 Å². The highest BCUT2D eigenvalue weighted by molar-refractivity contribution is 9.10. The van der Waals surface area contributed by atoms with Crippen LogP contribution in [0, 0.1) is 6.92 Å². The van der Waals surface area contributed by atoms with Gasteiger partial charge in [-0.2, -0.15) is 0 Å². The number of aryl methyl sites for hydroxylation is 1. The van der Waals surface area contributed by atoms with Gasteiger partial charge in [0, 0.05) is 23.8 Å². The Bertz CT molecular complexity index is 601. The molecule has 0 aliphatic heterocycles. The van der Waals surface area contributed by atoms with Gasteiger partial charge in [-0.05, 0) is 51.7 Å². The number of hydrogen-bond acceptors (Lipinski definition) is 3. The van der Waals surface area contributed by atoms with Crippen molar-refractivity contribution < 1.29 is 4.74 Å². The van der Waals surface area contributed by atoms with E-state index in [2.05, 4.69) is 52.4 Å². The van der Waals surface area contributed by atoms with E-state index in [1.54, 1.807) is 7.11 Å². The molecule has 21 heavy (non-hydrogen) atoms. The number of benzene rings is 2. The van der Waals surface area contributed by atoms with Gasteiger partial charge in [0.1, 0.15) is 0 Å². The summed E-state index contributed by atoms with van der Waals surface area (Å²) in [7, 11) is 1.71. The first-order valence-electron chi connectivity index (χ1n) is 6.95. The van der Waals surface area contributed by atoms with Crippen LogP contribution < -0.4 is 11.1 Å². The predicted molar refractivity (Wildman–Crippen MR) is 91.5 cm³/mol. The average Bonchev–Trinajstić information content (AvgIpc) is 2.49. The summed E-state index contributed by atoms with van der Waals surface area (Å²) in [4.78, 5) is 0. The molecule has 1 unspecified atom stereocenters. The van der Waals surface area contributed by atoms with E-state index < -0.39 is 0 Å². The molecule has 3 N–H and O–H groups in total. The maximum Gasteiger partial charge on any atom is 0.0716 e. The summed E-state index contributed by atoms with van der Waals surface area (Å²) in [5.74, 6) is 0. The summed E-state index contributed by atoms with van der Waals surface area (Å²) in [5, 5.41) is 3.53. The molecule has 0 aliphatic rings. The molecule has 3 nitrogen and oxygen atoms in total. The summed E-state index contributed by atoms with van der Waals surface area (Å²) in [5.41, 5.74) is 10.6. The Balaban J connectivity index is 2.30. The van der Waals surface area contributed by atoms with Crippen molar-refractivity contribution in [2.24, 2.45) is 5.73 Å². The van der Waals surface area contributed by atoms with Crippen molar-refractivity contribution in [3.05, 3.63) is 63.6 Å². The summed E-state index contributed by atoms with van der Waals surface area (Å²) in [6.07, 6.45) is 0. The Kier molecular flexibility index (Phi) is 5.79. The van der Waals surface area contributed by atoms with Crippen LogP contribution >= 0.6 is 15.9 Å². The second-order valence-electron chi connectivity index (χ2n) is 5.05. The Morgan fingerprint density at radius 1 is 1.24 bits per heavy atom. The summed E-state index contributed by atoms with van der Waals surface area (Å²) in [6.45, 7) is 3.18. The number of methoxy groups -OCH3 is 1. The highest BCUT2D eigenvalue weighted by Crippen LogP contribution is 2.28. The van der Waals surface area contributed by atoms with E-state index in [9.17, 15) is 0 Å². The maximum absolute atomic E-state index is 5.99. The Labute approximate surface area is 134 Å². The molecule has 0 spiro atoms. The summed E-state index contributed by atoms with van der Waals surface area (Å²) in [6, 6.07) is 14.5. The van der Waals surface area contributed by atoms with E-state index in [0.717, 1.165) is 15.7 Å². The maximum atomic E-state index is 5.99. The first kappa shape index (κ1) is 16.0. The van der Waals surface area contributed by atoms with Gasteiger partial charge >= 0.3 is 0 Å². The van der Waals surface area contributed by atoms with Crippen molar-refractivity contribution in [3.8, 4) is 0 Å². The van der Waals surface area contributed by atoms with Crippen LogP contribution in [0.3, 0.4) is 0 Å². The Morgan fingerprint density at radius 2 is 2.00 bits per heavy atom. The number of nitrogens with two attached hydrogens (primary N) is 1. The standard InChI is InChI=1S/C17H21BrN2O/c1-12-7-8-15(18)16(9-12)20-17(10-19)14-6-4-3-5-13(14)11-21-2/h3-9,17,20H,10-11,19H2,1-2H3. The molecule has 0 amide bonds. The third kappa shape index (κ3) is 4.06. The number of ether oxygens (including phenoxy) is 1. The molecular weight excluding hydrogens is 328 g/mol. The summed E-state index contributed by atoms with van der Waals surface area (Å²) < 4.78 is 6.32. The van der Waals surface area contributed by atoms with Gasteiger partial charge in [0.2, 0.25) is 0 Å². The van der Waals surface area contributed by atoms with E-state index >= 15 is 0 Å². The molecule has 0 aliphatic carbocycles. The quantitative estimate of drug-likeness (QED) is 0.828. The van der Waals surface area contributed by atoms with Gasteiger partial charge in [0.05, 0.1) is 12.6 Å². The van der Waals surface area contributed by atoms with Crippen LogP contribution in [-0.2, 0) is 11.3 Å². The molecule has 2 aromatic carbocycles. The Hall–Kier alpha value is -1.36. The van der Waals surface area contributed by atoms with Gasteiger partial charge < -0.3 is 15.8 Å². The predicted octanol–water partition coefficient (Wildman–Crippen LogP) is 4.02. The van der Waals surface area contributed by atoms with Crippen molar-refractivity contribution >= 4 is 21.6 Å². The van der Waals surface area contributed by atoms with Crippen molar-refractivity contribution in [3.63, 3.8) is 0 Å². The second-order valence-corrected chi connectivity index (χ2v) is 5.90. The normalized spacial score (nSPS) is 12.2. The number of hydrogen-bond donors (Lipinski definition) is 2. The molecule has 1 atom stereocenters. The van der Waals surface area contributed by atoms with Crippen LogP contribution in [0.2, 0.25) is 0 Å². The van der Waals surface area contributed by atoms with Crippen LogP contribution in [0.5, 0.6) is 0 Å². The minimum Gasteiger partial charge on any atom is -0.380 e. The third-order valence-electron chi connectivity index (χ3n) is 3.42. The Morgan fingerprint density at radius 3 is 2.71 bits per heavy atom. The fourth-order valence-electron chi connectivity index (χ4n) is 2.36. The molecule has 4 heteroatoms. The molecule has 2 rings (SSSR count). The minimum atomic E-state index is 0.0504. The highest BCUT2D eigenvalue weighted by Gasteiger charge is 2.14. The number of anilines is 1. The number of rotatable bonds is 6. The van der Waals surface area contributed by atoms with E-state index in [-0.39, 0.29) is 6.04 Å². The monoisotopic (exact) mass is 348 g/mol.